The number of rotatable bonds is 4. The molecule has 0 aliphatic rings. The minimum atomic E-state index is -0.332. The van der Waals surface area contributed by atoms with Gasteiger partial charge in [0.25, 0.3) is 0 Å². The molecule has 0 unspecified atom stereocenters. The van der Waals surface area contributed by atoms with Crippen LogP contribution in [0.25, 0.3) is 16.8 Å². The lowest BCUT2D eigenvalue weighted by molar-refractivity contribution is 0.579. The van der Waals surface area contributed by atoms with Crippen LogP contribution in [0.2, 0.25) is 5.02 Å². The van der Waals surface area contributed by atoms with Crippen molar-refractivity contribution < 1.29 is 0 Å². The van der Waals surface area contributed by atoms with Crippen LogP contribution in [0.1, 0.15) is 36.5 Å². The third kappa shape index (κ3) is 3.73. The number of nitrogens with zero attached hydrogens (tertiary/aromatic N) is 2. The van der Waals surface area contributed by atoms with E-state index in [4.69, 9.17) is 16.6 Å². The molecular formula is C26H25ClN2. The molecule has 3 aromatic carbocycles. The maximum Gasteiger partial charge on any atom is 0.123 e. The van der Waals surface area contributed by atoms with Crippen molar-refractivity contribution in [3.05, 3.63) is 107 Å². The van der Waals surface area contributed by atoms with Crippen molar-refractivity contribution in [3.63, 3.8) is 0 Å². The highest BCUT2D eigenvalue weighted by molar-refractivity contribution is 6.31. The number of hydrogen-bond acceptors (Lipinski definition) is 1. The van der Waals surface area contributed by atoms with E-state index in [1.807, 2.05) is 25.1 Å². The fraction of sp³-hybridized carbons (Fsp3) is 0.192. The fourth-order valence-electron chi connectivity index (χ4n) is 3.86. The molecule has 2 nitrogen and oxygen atoms in total. The zero-order chi connectivity index (χ0) is 20.6. The molecule has 0 spiro atoms. The summed E-state index contributed by atoms with van der Waals surface area (Å²) in [4.78, 5) is 4.87. The lowest BCUT2D eigenvalue weighted by Gasteiger charge is -2.27. The predicted octanol–water partition coefficient (Wildman–Crippen LogP) is 7.14. The second kappa shape index (κ2) is 7.53. The van der Waals surface area contributed by atoms with Crippen LogP contribution < -0.4 is 0 Å². The molecule has 4 aromatic rings. The molecule has 0 bridgehead atoms. The van der Waals surface area contributed by atoms with Gasteiger partial charge in [0, 0.05) is 22.3 Å². The summed E-state index contributed by atoms with van der Waals surface area (Å²) in [6.07, 6.45) is 2.09. The van der Waals surface area contributed by atoms with Crippen molar-refractivity contribution in [2.75, 3.05) is 0 Å². The van der Waals surface area contributed by atoms with Crippen molar-refractivity contribution >= 4 is 11.6 Å². The normalized spacial score (nSPS) is 11.6. The molecule has 0 atom stereocenters. The van der Waals surface area contributed by atoms with Crippen LogP contribution in [0.5, 0.6) is 0 Å². The Morgan fingerprint density at radius 1 is 0.828 bits per heavy atom. The quantitative estimate of drug-likeness (QED) is 0.356. The van der Waals surface area contributed by atoms with Crippen molar-refractivity contribution in [3.8, 4) is 16.8 Å². The Kier molecular flexibility index (Phi) is 5.06. The van der Waals surface area contributed by atoms with Crippen LogP contribution in [-0.2, 0) is 5.41 Å². The van der Waals surface area contributed by atoms with Gasteiger partial charge in [0.05, 0.1) is 5.69 Å². The van der Waals surface area contributed by atoms with Gasteiger partial charge in [-0.1, -0.05) is 71.8 Å². The van der Waals surface area contributed by atoms with E-state index in [0.29, 0.717) is 0 Å². The SMILES string of the molecule is Cc1cccc(-c2ccc(-n3cc(C)nc3C(C)(C)c3ccccc3Cl)cc2)c1. The number of halogens is 1. The molecule has 0 fully saturated rings. The maximum absolute atomic E-state index is 6.53. The molecule has 0 amide bonds. The summed E-state index contributed by atoms with van der Waals surface area (Å²) in [5, 5.41) is 0.763. The molecule has 0 radical (unpaired) electrons. The van der Waals surface area contributed by atoms with Crippen molar-refractivity contribution in [1.29, 1.82) is 0 Å². The average Bonchev–Trinajstić information content (AvgIpc) is 3.11. The van der Waals surface area contributed by atoms with Gasteiger partial charge in [-0.25, -0.2) is 4.98 Å². The van der Waals surface area contributed by atoms with E-state index in [-0.39, 0.29) is 5.41 Å². The summed E-state index contributed by atoms with van der Waals surface area (Å²) >= 11 is 6.53. The second-order valence-electron chi connectivity index (χ2n) is 8.10. The van der Waals surface area contributed by atoms with Gasteiger partial charge in [0.15, 0.2) is 0 Å². The minimum Gasteiger partial charge on any atom is -0.303 e. The van der Waals surface area contributed by atoms with E-state index in [1.54, 1.807) is 0 Å². The monoisotopic (exact) mass is 400 g/mol. The van der Waals surface area contributed by atoms with Gasteiger partial charge in [-0.3, -0.25) is 0 Å². The topological polar surface area (TPSA) is 17.8 Å². The lowest BCUT2D eigenvalue weighted by Crippen LogP contribution is -2.24. The largest absolute Gasteiger partial charge is 0.303 e. The van der Waals surface area contributed by atoms with E-state index in [9.17, 15) is 0 Å². The average molecular weight is 401 g/mol. The standard InChI is InChI=1S/C26H25ClN2/c1-18-8-7-9-21(16-18)20-12-14-22(15-13-20)29-17-19(2)28-25(29)26(3,4)23-10-5-6-11-24(23)27/h5-17H,1-4H3. The van der Waals surface area contributed by atoms with Gasteiger partial charge >= 0.3 is 0 Å². The first-order valence-corrected chi connectivity index (χ1v) is 10.2. The molecule has 0 aliphatic heterocycles. The Hall–Kier alpha value is -2.84. The van der Waals surface area contributed by atoms with E-state index < -0.39 is 0 Å². The van der Waals surface area contributed by atoms with Crippen LogP contribution in [0, 0.1) is 13.8 Å². The first-order valence-electron chi connectivity index (χ1n) is 9.85. The molecule has 4 rings (SSSR count). The third-order valence-corrected chi connectivity index (χ3v) is 5.76. The summed E-state index contributed by atoms with van der Waals surface area (Å²) in [6.45, 7) is 8.50. The highest BCUT2D eigenvalue weighted by Gasteiger charge is 2.31. The summed E-state index contributed by atoms with van der Waals surface area (Å²) in [6, 6.07) is 25.2. The highest BCUT2D eigenvalue weighted by atomic mass is 35.5. The van der Waals surface area contributed by atoms with Gasteiger partial charge in [-0.2, -0.15) is 0 Å². The molecule has 1 aromatic heterocycles. The molecule has 0 saturated heterocycles. The predicted molar refractivity (Wildman–Crippen MR) is 122 cm³/mol. The second-order valence-corrected chi connectivity index (χ2v) is 8.50. The van der Waals surface area contributed by atoms with Crippen molar-refractivity contribution in [2.45, 2.75) is 33.1 Å². The van der Waals surface area contributed by atoms with E-state index in [0.717, 1.165) is 27.8 Å². The van der Waals surface area contributed by atoms with Gasteiger partial charge in [-0.05, 0) is 62.6 Å². The molecule has 1 heterocycles. The number of aryl methyl sites for hydroxylation is 2. The Bertz CT molecular complexity index is 1150. The zero-order valence-corrected chi connectivity index (χ0v) is 18.0. The summed E-state index contributed by atoms with van der Waals surface area (Å²) in [7, 11) is 0. The molecular weight excluding hydrogens is 376 g/mol. The molecule has 146 valence electrons. The van der Waals surface area contributed by atoms with E-state index in [1.165, 1.54) is 16.7 Å². The first-order chi connectivity index (χ1) is 13.9. The first kappa shape index (κ1) is 19.5. The summed E-state index contributed by atoms with van der Waals surface area (Å²) < 4.78 is 2.18. The number of imidazole rings is 1. The highest BCUT2D eigenvalue weighted by Crippen LogP contribution is 2.36. The smallest absolute Gasteiger partial charge is 0.123 e. The maximum atomic E-state index is 6.53. The Morgan fingerprint density at radius 3 is 2.24 bits per heavy atom. The Labute approximate surface area is 177 Å². The molecule has 0 aliphatic carbocycles. The molecule has 0 saturated carbocycles. The zero-order valence-electron chi connectivity index (χ0n) is 17.3. The van der Waals surface area contributed by atoms with Crippen LogP contribution in [-0.4, -0.2) is 9.55 Å². The van der Waals surface area contributed by atoms with Crippen molar-refractivity contribution in [1.82, 2.24) is 9.55 Å². The van der Waals surface area contributed by atoms with Crippen LogP contribution >= 0.6 is 11.6 Å². The van der Waals surface area contributed by atoms with Crippen LogP contribution in [0.3, 0.4) is 0 Å². The summed E-state index contributed by atoms with van der Waals surface area (Å²) in [5.41, 5.74) is 6.53. The van der Waals surface area contributed by atoms with Gasteiger partial charge in [0.1, 0.15) is 5.82 Å². The van der Waals surface area contributed by atoms with Crippen LogP contribution in [0.4, 0.5) is 0 Å². The van der Waals surface area contributed by atoms with E-state index >= 15 is 0 Å². The Morgan fingerprint density at radius 2 is 1.55 bits per heavy atom. The molecule has 3 heteroatoms. The summed E-state index contributed by atoms with van der Waals surface area (Å²) in [5.74, 6) is 0.978. The third-order valence-electron chi connectivity index (χ3n) is 5.43. The van der Waals surface area contributed by atoms with Gasteiger partial charge in [0.2, 0.25) is 0 Å². The minimum absolute atomic E-state index is 0.332. The number of benzene rings is 3. The van der Waals surface area contributed by atoms with Crippen LogP contribution in [0.15, 0.2) is 79.0 Å². The lowest BCUT2D eigenvalue weighted by atomic mass is 9.83. The fourth-order valence-corrected chi connectivity index (χ4v) is 4.24. The van der Waals surface area contributed by atoms with Gasteiger partial charge < -0.3 is 4.57 Å². The Balaban J connectivity index is 1.77. The molecule has 29 heavy (non-hydrogen) atoms. The van der Waals surface area contributed by atoms with Gasteiger partial charge in [-0.15, -0.1) is 0 Å². The number of hydrogen-bond donors (Lipinski definition) is 0. The van der Waals surface area contributed by atoms with E-state index in [2.05, 4.69) is 86.1 Å². The number of aromatic nitrogens is 2. The van der Waals surface area contributed by atoms with Crippen molar-refractivity contribution in [2.24, 2.45) is 0 Å². The molecule has 0 N–H and O–H groups in total.